The first-order chi connectivity index (χ1) is 7.97. The van der Waals surface area contributed by atoms with E-state index < -0.39 is 11.4 Å². The fraction of sp³-hybridized carbons (Fsp3) is 0.364. The van der Waals surface area contributed by atoms with Crippen molar-refractivity contribution in [1.82, 2.24) is 0 Å². The maximum atomic E-state index is 12.2. The molecule has 6 heteroatoms. The lowest BCUT2D eigenvalue weighted by Crippen LogP contribution is -2.15. The van der Waals surface area contributed by atoms with Crippen LogP contribution in [0.2, 0.25) is 0 Å². The van der Waals surface area contributed by atoms with Gasteiger partial charge in [0, 0.05) is 0 Å². The van der Waals surface area contributed by atoms with Crippen molar-refractivity contribution < 1.29 is 23.0 Å². The summed E-state index contributed by atoms with van der Waals surface area (Å²) in [6.07, 6.45) is 0. The zero-order valence-electron chi connectivity index (χ0n) is 9.25. The summed E-state index contributed by atoms with van der Waals surface area (Å²) in [6.45, 7) is -1.39. The van der Waals surface area contributed by atoms with Gasteiger partial charge in [0.25, 0.3) is 0 Å². The summed E-state index contributed by atoms with van der Waals surface area (Å²) >= 11 is 3.09. The van der Waals surface area contributed by atoms with Crippen molar-refractivity contribution in [3.63, 3.8) is 0 Å². The van der Waals surface area contributed by atoms with Crippen molar-refractivity contribution in [2.24, 2.45) is 0 Å². The number of carbonyl (C=O) groups excluding carboxylic acids is 1. The van der Waals surface area contributed by atoms with Gasteiger partial charge in [0.15, 0.2) is 5.78 Å². The van der Waals surface area contributed by atoms with Crippen LogP contribution in [0, 0.1) is 0 Å². The number of benzene rings is 1. The molecular weight excluding hydrogens is 298 g/mol. The molecule has 0 saturated heterocycles. The maximum absolute atomic E-state index is 12.2. The summed E-state index contributed by atoms with van der Waals surface area (Å²) in [7, 11) is 1.36. The third kappa shape index (κ3) is 3.39. The summed E-state index contributed by atoms with van der Waals surface area (Å²) in [5, 5.41) is 0. The highest BCUT2D eigenvalue weighted by Crippen LogP contribution is 2.31. The zero-order chi connectivity index (χ0) is 13.0. The first kappa shape index (κ1) is 13.9. The number of ether oxygens (including phenoxy) is 2. The number of rotatable bonds is 5. The average molecular weight is 309 g/mol. The van der Waals surface area contributed by atoms with Crippen LogP contribution in [0.3, 0.4) is 0 Å². The Labute approximate surface area is 106 Å². The summed E-state index contributed by atoms with van der Waals surface area (Å²) in [6, 6.07) is 4.30. The van der Waals surface area contributed by atoms with Crippen LogP contribution in [0.1, 0.15) is 17.3 Å². The van der Waals surface area contributed by atoms with Crippen molar-refractivity contribution in [2.45, 2.75) is 18.4 Å². The molecule has 1 unspecified atom stereocenters. The van der Waals surface area contributed by atoms with Gasteiger partial charge in [-0.05, 0) is 19.1 Å². The number of ketones is 1. The normalized spacial score (nSPS) is 12.4. The second-order valence-corrected chi connectivity index (χ2v) is 4.57. The number of halogens is 3. The lowest BCUT2D eigenvalue weighted by Gasteiger charge is -2.14. The fourth-order valence-electron chi connectivity index (χ4n) is 1.32. The summed E-state index contributed by atoms with van der Waals surface area (Å²) in [5.74, 6) is -0.354. The second kappa shape index (κ2) is 5.95. The van der Waals surface area contributed by atoms with Crippen LogP contribution in [-0.4, -0.2) is 24.3 Å². The van der Waals surface area contributed by atoms with E-state index in [1.54, 1.807) is 6.92 Å². The molecule has 94 valence electrons. The van der Waals surface area contributed by atoms with E-state index in [9.17, 15) is 13.6 Å². The lowest BCUT2D eigenvalue weighted by atomic mass is 10.1. The largest absolute Gasteiger partial charge is 0.496 e. The molecule has 1 aromatic carbocycles. The Morgan fingerprint density at radius 2 is 1.94 bits per heavy atom. The number of methoxy groups -OCH3 is 1. The van der Waals surface area contributed by atoms with E-state index in [4.69, 9.17) is 4.74 Å². The van der Waals surface area contributed by atoms with Gasteiger partial charge in [-0.15, -0.1) is 0 Å². The molecule has 0 bridgehead atoms. The van der Waals surface area contributed by atoms with Crippen LogP contribution in [0.15, 0.2) is 18.2 Å². The van der Waals surface area contributed by atoms with Crippen molar-refractivity contribution in [3.05, 3.63) is 23.8 Å². The molecule has 0 aromatic heterocycles. The highest BCUT2D eigenvalue weighted by molar-refractivity contribution is 9.10. The van der Waals surface area contributed by atoms with Gasteiger partial charge in [0.2, 0.25) is 0 Å². The first-order valence-corrected chi connectivity index (χ1v) is 5.69. The summed E-state index contributed by atoms with van der Waals surface area (Å²) in [5.41, 5.74) is 0.0136. The second-order valence-electron chi connectivity index (χ2n) is 3.19. The predicted octanol–water partition coefficient (Wildman–Crippen LogP) is 3.26. The van der Waals surface area contributed by atoms with Gasteiger partial charge in [-0.3, -0.25) is 4.79 Å². The number of hydrogen-bond acceptors (Lipinski definition) is 3. The van der Waals surface area contributed by atoms with Gasteiger partial charge in [-0.1, -0.05) is 22.0 Å². The predicted molar refractivity (Wildman–Crippen MR) is 62.3 cm³/mol. The van der Waals surface area contributed by atoms with Gasteiger partial charge in [-0.25, -0.2) is 0 Å². The molecule has 17 heavy (non-hydrogen) atoms. The van der Waals surface area contributed by atoms with Crippen molar-refractivity contribution >= 4 is 21.7 Å². The third-order valence-corrected chi connectivity index (χ3v) is 2.45. The molecule has 1 aromatic rings. The number of Topliss-reactive ketones (excluding diaryl/α,β-unsaturated/α-hetero) is 1. The Hall–Kier alpha value is -1.17. The Morgan fingerprint density at radius 3 is 2.41 bits per heavy atom. The minimum atomic E-state index is -2.99. The third-order valence-electron chi connectivity index (χ3n) is 2.03. The van der Waals surface area contributed by atoms with E-state index in [1.165, 1.54) is 25.3 Å². The van der Waals surface area contributed by atoms with E-state index in [2.05, 4.69) is 20.7 Å². The van der Waals surface area contributed by atoms with E-state index in [0.29, 0.717) is 0 Å². The van der Waals surface area contributed by atoms with Crippen LogP contribution < -0.4 is 9.47 Å². The molecule has 0 N–H and O–H groups in total. The molecule has 0 aliphatic carbocycles. The van der Waals surface area contributed by atoms with Gasteiger partial charge in [0.05, 0.1) is 11.9 Å². The molecule has 0 radical (unpaired) electrons. The molecule has 0 saturated carbocycles. The van der Waals surface area contributed by atoms with E-state index >= 15 is 0 Å². The number of carbonyl (C=O) groups is 1. The number of alkyl halides is 3. The Bertz CT molecular complexity index is 408. The van der Waals surface area contributed by atoms with E-state index in [-0.39, 0.29) is 22.8 Å². The van der Waals surface area contributed by atoms with Crippen LogP contribution >= 0.6 is 15.9 Å². The lowest BCUT2D eigenvalue weighted by molar-refractivity contribution is -0.0502. The van der Waals surface area contributed by atoms with Gasteiger partial charge in [0.1, 0.15) is 17.1 Å². The SMILES string of the molecule is COc1cccc(OC(F)F)c1C(=O)C(C)Br. The minimum absolute atomic E-state index is 0.0136. The maximum Gasteiger partial charge on any atom is 0.387 e. The van der Waals surface area contributed by atoms with Crippen LogP contribution in [0.5, 0.6) is 11.5 Å². The monoisotopic (exact) mass is 308 g/mol. The molecule has 0 fully saturated rings. The Kier molecular flexibility index (Phi) is 4.86. The molecule has 0 amide bonds. The first-order valence-electron chi connectivity index (χ1n) is 4.77. The standard InChI is InChI=1S/C11H11BrF2O3/c1-6(12)10(15)9-7(16-2)4-3-5-8(9)17-11(13)14/h3-6,11H,1-2H3. The van der Waals surface area contributed by atoms with Crippen molar-refractivity contribution in [3.8, 4) is 11.5 Å². The topological polar surface area (TPSA) is 35.5 Å². The fourth-order valence-corrected chi connectivity index (χ4v) is 1.55. The number of hydrogen-bond donors (Lipinski definition) is 0. The van der Waals surface area contributed by atoms with E-state index in [0.717, 1.165) is 0 Å². The Morgan fingerprint density at radius 1 is 1.35 bits per heavy atom. The molecule has 0 aliphatic rings. The minimum Gasteiger partial charge on any atom is -0.496 e. The Balaban J connectivity index is 3.25. The molecule has 0 heterocycles. The molecular formula is C11H11BrF2O3. The van der Waals surface area contributed by atoms with Crippen molar-refractivity contribution in [2.75, 3.05) is 7.11 Å². The zero-order valence-corrected chi connectivity index (χ0v) is 10.8. The highest BCUT2D eigenvalue weighted by atomic mass is 79.9. The van der Waals surface area contributed by atoms with Gasteiger partial charge < -0.3 is 9.47 Å². The van der Waals surface area contributed by atoms with E-state index in [1.807, 2.05) is 0 Å². The molecule has 1 atom stereocenters. The molecule has 1 rings (SSSR count). The smallest absolute Gasteiger partial charge is 0.387 e. The van der Waals surface area contributed by atoms with Gasteiger partial charge >= 0.3 is 6.61 Å². The average Bonchev–Trinajstić information content (AvgIpc) is 2.26. The molecule has 0 aliphatic heterocycles. The quantitative estimate of drug-likeness (QED) is 0.618. The summed E-state index contributed by atoms with van der Waals surface area (Å²) < 4.78 is 33.7. The molecule has 3 nitrogen and oxygen atoms in total. The van der Waals surface area contributed by atoms with Crippen LogP contribution in [-0.2, 0) is 0 Å². The van der Waals surface area contributed by atoms with Crippen LogP contribution in [0.25, 0.3) is 0 Å². The van der Waals surface area contributed by atoms with Gasteiger partial charge in [-0.2, -0.15) is 8.78 Å². The summed E-state index contributed by atoms with van der Waals surface area (Å²) in [4.78, 5) is 11.4. The van der Waals surface area contributed by atoms with Crippen LogP contribution in [0.4, 0.5) is 8.78 Å². The highest BCUT2D eigenvalue weighted by Gasteiger charge is 2.23. The molecule has 0 spiro atoms. The van der Waals surface area contributed by atoms with Crippen molar-refractivity contribution in [1.29, 1.82) is 0 Å².